The van der Waals surface area contributed by atoms with Gasteiger partial charge >= 0.3 is 6.03 Å². The zero-order chi connectivity index (χ0) is 16.7. The maximum Gasteiger partial charge on any atom is 0.334 e. The molecular formula is C15H12ClFN2O4. The molecule has 0 aromatic heterocycles. The highest BCUT2D eigenvalue weighted by molar-refractivity contribution is 6.32. The highest BCUT2D eigenvalue weighted by Gasteiger charge is 2.53. The number of fused-ring (bicyclic) bond motifs is 1. The van der Waals surface area contributed by atoms with E-state index in [0.717, 1.165) is 11.0 Å². The highest BCUT2D eigenvalue weighted by atomic mass is 35.5. The van der Waals surface area contributed by atoms with Crippen LogP contribution in [0.15, 0.2) is 12.1 Å². The van der Waals surface area contributed by atoms with Crippen LogP contribution >= 0.6 is 11.6 Å². The number of ether oxygens (including phenoxy) is 2. The lowest BCUT2D eigenvalue weighted by atomic mass is 10.1. The number of nitrogens with zero attached hydrogens (tertiary/aromatic N) is 2. The van der Waals surface area contributed by atoms with Crippen molar-refractivity contribution in [1.82, 2.24) is 4.90 Å². The quantitative estimate of drug-likeness (QED) is 0.625. The van der Waals surface area contributed by atoms with E-state index in [4.69, 9.17) is 27.5 Å². The number of anilines is 1. The van der Waals surface area contributed by atoms with Gasteiger partial charge in [0.2, 0.25) is 0 Å². The molecule has 0 saturated carbocycles. The Kier molecular flexibility index (Phi) is 3.88. The third-order valence-electron chi connectivity index (χ3n) is 3.72. The van der Waals surface area contributed by atoms with Crippen LogP contribution in [-0.2, 0) is 9.53 Å². The van der Waals surface area contributed by atoms with Crippen molar-refractivity contribution >= 4 is 29.2 Å². The van der Waals surface area contributed by atoms with E-state index in [1.54, 1.807) is 6.92 Å². The van der Waals surface area contributed by atoms with Crippen molar-refractivity contribution in [2.75, 3.05) is 18.2 Å². The van der Waals surface area contributed by atoms with Crippen LogP contribution in [0.1, 0.15) is 6.92 Å². The first kappa shape index (κ1) is 15.6. The minimum atomic E-state index is -0.806. The Labute approximate surface area is 136 Å². The van der Waals surface area contributed by atoms with Crippen LogP contribution in [0.25, 0.3) is 0 Å². The molecule has 120 valence electrons. The fourth-order valence-corrected chi connectivity index (χ4v) is 2.83. The first-order valence-electron chi connectivity index (χ1n) is 6.77. The molecule has 3 amide bonds. The van der Waals surface area contributed by atoms with E-state index in [1.165, 1.54) is 11.0 Å². The minimum absolute atomic E-state index is 0.00204. The molecule has 0 aliphatic carbocycles. The standard InChI is InChI=1S/C15H12ClFN2O4/c1-3-4-22-12-6-11(10(17)5-9(12)16)19-14(20)13-8(2)23-7-18(13)15(19)21/h1,5-6,8,13H,4,7H2,2H3/t8-,13+/m0/s1. The van der Waals surface area contributed by atoms with E-state index in [0.29, 0.717) is 0 Å². The minimum Gasteiger partial charge on any atom is -0.479 e. The van der Waals surface area contributed by atoms with Gasteiger partial charge in [0.1, 0.15) is 30.9 Å². The van der Waals surface area contributed by atoms with Crippen molar-refractivity contribution < 1.29 is 23.5 Å². The normalized spacial score (nSPS) is 23.2. The summed E-state index contributed by atoms with van der Waals surface area (Å²) in [6.07, 6.45) is 4.65. The van der Waals surface area contributed by atoms with E-state index in [1.807, 2.05) is 0 Å². The van der Waals surface area contributed by atoms with Crippen molar-refractivity contribution in [1.29, 1.82) is 0 Å². The lowest BCUT2D eigenvalue weighted by molar-refractivity contribution is -0.120. The third kappa shape index (κ3) is 2.40. The molecule has 0 unspecified atom stereocenters. The van der Waals surface area contributed by atoms with Gasteiger partial charge in [-0.2, -0.15) is 0 Å². The lowest BCUT2D eigenvalue weighted by Gasteiger charge is -2.18. The number of imide groups is 1. The first-order chi connectivity index (χ1) is 11.0. The zero-order valence-corrected chi connectivity index (χ0v) is 12.8. The number of amides is 3. The molecule has 1 aromatic carbocycles. The maximum absolute atomic E-state index is 14.2. The summed E-state index contributed by atoms with van der Waals surface area (Å²) in [6, 6.07) is 0.770. The molecule has 2 atom stereocenters. The number of carbonyl (C=O) groups is 2. The third-order valence-corrected chi connectivity index (χ3v) is 4.02. The summed E-state index contributed by atoms with van der Waals surface area (Å²) in [6.45, 7) is 1.59. The Morgan fingerprint density at radius 2 is 2.26 bits per heavy atom. The molecule has 0 bridgehead atoms. The maximum atomic E-state index is 14.2. The van der Waals surface area contributed by atoms with Crippen LogP contribution < -0.4 is 9.64 Å². The van der Waals surface area contributed by atoms with Crippen LogP contribution in [-0.4, -0.2) is 42.3 Å². The lowest BCUT2D eigenvalue weighted by Crippen LogP contribution is -2.36. The Morgan fingerprint density at radius 1 is 1.52 bits per heavy atom. The average molecular weight is 339 g/mol. The van der Waals surface area contributed by atoms with E-state index < -0.39 is 29.9 Å². The number of carbonyl (C=O) groups excluding carboxylic acids is 2. The van der Waals surface area contributed by atoms with Crippen LogP contribution in [0.4, 0.5) is 14.9 Å². The van der Waals surface area contributed by atoms with Gasteiger partial charge in [0.15, 0.2) is 0 Å². The number of benzene rings is 1. The number of rotatable bonds is 3. The highest BCUT2D eigenvalue weighted by Crippen LogP contribution is 2.37. The van der Waals surface area contributed by atoms with Gasteiger partial charge in [0, 0.05) is 6.07 Å². The number of terminal acetylenes is 1. The summed E-state index contributed by atoms with van der Waals surface area (Å²) < 4.78 is 24.7. The fourth-order valence-electron chi connectivity index (χ4n) is 2.63. The Morgan fingerprint density at radius 3 is 2.91 bits per heavy atom. The van der Waals surface area contributed by atoms with Gasteiger partial charge in [-0.15, -0.1) is 6.42 Å². The van der Waals surface area contributed by atoms with Gasteiger partial charge in [0.25, 0.3) is 5.91 Å². The van der Waals surface area contributed by atoms with Crippen molar-refractivity contribution in [3.05, 3.63) is 23.0 Å². The molecular weight excluding hydrogens is 327 g/mol. The molecule has 3 rings (SSSR count). The molecule has 2 fully saturated rings. The second-order valence-corrected chi connectivity index (χ2v) is 5.51. The molecule has 2 aliphatic rings. The topological polar surface area (TPSA) is 59.1 Å². The Bertz CT molecular complexity index is 733. The van der Waals surface area contributed by atoms with Crippen LogP contribution in [0.3, 0.4) is 0 Å². The average Bonchev–Trinajstić information content (AvgIpc) is 3.00. The number of hydrogen-bond donors (Lipinski definition) is 0. The van der Waals surface area contributed by atoms with E-state index in [9.17, 15) is 14.0 Å². The van der Waals surface area contributed by atoms with Crippen LogP contribution in [0, 0.1) is 18.2 Å². The monoisotopic (exact) mass is 338 g/mol. The molecule has 0 spiro atoms. The second kappa shape index (κ2) is 5.72. The summed E-state index contributed by atoms with van der Waals surface area (Å²) in [5, 5.41) is -0.00204. The van der Waals surface area contributed by atoms with Crippen molar-refractivity contribution in [3.63, 3.8) is 0 Å². The molecule has 1 aromatic rings. The molecule has 2 heterocycles. The van der Waals surface area contributed by atoms with E-state index in [-0.39, 0.29) is 29.8 Å². The van der Waals surface area contributed by atoms with Gasteiger partial charge < -0.3 is 9.47 Å². The fraction of sp³-hybridized carbons (Fsp3) is 0.333. The SMILES string of the molecule is C#CCOc1cc(N2C(=O)[C@H]3[C@H](C)OCN3C2=O)c(F)cc1Cl. The smallest absolute Gasteiger partial charge is 0.334 e. The van der Waals surface area contributed by atoms with Gasteiger partial charge in [-0.1, -0.05) is 17.5 Å². The molecule has 2 saturated heterocycles. The molecule has 23 heavy (non-hydrogen) atoms. The summed E-state index contributed by atoms with van der Waals surface area (Å²) in [5.41, 5.74) is -0.224. The predicted octanol–water partition coefficient (Wildman–Crippen LogP) is 2.00. The predicted molar refractivity (Wildman–Crippen MR) is 79.7 cm³/mol. The van der Waals surface area contributed by atoms with E-state index >= 15 is 0 Å². The second-order valence-electron chi connectivity index (χ2n) is 5.10. The van der Waals surface area contributed by atoms with E-state index in [2.05, 4.69) is 5.92 Å². The number of urea groups is 1. The molecule has 8 heteroatoms. The Hall–Kier alpha value is -2.30. The summed E-state index contributed by atoms with van der Waals surface area (Å²) in [5.74, 6) is 0.993. The summed E-state index contributed by atoms with van der Waals surface area (Å²) in [4.78, 5) is 26.9. The largest absolute Gasteiger partial charge is 0.479 e. The van der Waals surface area contributed by atoms with Crippen LogP contribution in [0.2, 0.25) is 5.02 Å². The van der Waals surface area contributed by atoms with Gasteiger partial charge in [-0.3, -0.25) is 9.69 Å². The molecule has 0 N–H and O–H groups in total. The van der Waals surface area contributed by atoms with Crippen molar-refractivity contribution in [2.24, 2.45) is 0 Å². The summed E-state index contributed by atoms with van der Waals surface area (Å²) >= 11 is 5.88. The van der Waals surface area contributed by atoms with Crippen molar-refractivity contribution in [2.45, 2.75) is 19.1 Å². The van der Waals surface area contributed by atoms with Gasteiger partial charge in [-0.25, -0.2) is 14.1 Å². The first-order valence-corrected chi connectivity index (χ1v) is 7.15. The number of hydrogen-bond acceptors (Lipinski definition) is 4. The zero-order valence-electron chi connectivity index (χ0n) is 12.1. The van der Waals surface area contributed by atoms with Crippen molar-refractivity contribution in [3.8, 4) is 18.1 Å². The summed E-state index contributed by atoms with van der Waals surface area (Å²) in [7, 11) is 0. The Balaban J connectivity index is 2.00. The van der Waals surface area contributed by atoms with Gasteiger partial charge in [-0.05, 0) is 13.0 Å². The molecule has 2 aliphatic heterocycles. The molecule has 6 nitrogen and oxygen atoms in total. The molecule has 0 radical (unpaired) electrons. The van der Waals surface area contributed by atoms with Gasteiger partial charge in [0.05, 0.1) is 16.8 Å². The number of halogens is 2. The van der Waals surface area contributed by atoms with Crippen LogP contribution in [0.5, 0.6) is 5.75 Å².